The van der Waals surface area contributed by atoms with Crippen LogP contribution in [0.25, 0.3) is 0 Å². The molecule has 0 aliphatic rings. The molecule has 9 heteroatoms. The molecule has 0 unspecified atom stereocenters. The van der Waals surface area contributed by atoms with Gasteiger partial charge in [-0.05, 0) is 76.5 Å². The van der Waals surface area contributed by atoms with Crippen LogP contribution in [0, 0.1) is 13.8 Å². The molecule has 0 amide bonds. The summed E-state index contributed by atoms with van der Waals surface area (Å²) in [6, 6.07) is 11.6. The second-order valence-corrected chi connectivity index (χ2v) is 18.5. The Morgan fingerprint density at radius 2 is 1.41 bits per heavy atom. The molecule has 0 N–H and O–H groups in total. The number of hydrogen-bond acceptors (Lipinski definition) is 3. The molecule has 0 bridgehead atoms. The maximum absolute atomic E-state index is 6.42. The van der Waals surface area contributed by atoms with Crippen LogP contribution in [0.3, 0.4) is 0 Å². The summed E-state index contributed by atoms with van der Waals surface area (Å²) in [4.78, 5) is 9.73. The van der Waals surface area contributed by atoms with E-state index < -0.39 is 8.32 Å². The molecule has 2 aromatic rings. The Bertz CT molecular complexity index is 910. The van der Waals surface area contributed by atoms with E-state index in [1.807, 2.05) is 57.2 Å². The molecule has 0 aliphatic carbocycles. The molecule has 2 rings (SSSR count). The van der Waals surface area contributed by atoms with Gasteiger partial charge < -0.3 is 4.43 Å². The second kappa shape index (κ2) is 15.1. The minimum absolute atomic E-state index is 0.639. The normalized spacial score (nSPS) is 12.6. The topological polar surface area (TPSA) is 34.0 Å². The predicted molar refractivity (Wildman–Crippen MR) is 149 cm³/mol. The number of aliphatic imine (C=N–C) groups is 2. The quantitative estimate of drug-likeness (QED) is 0.157. The van der Waals surface area contributed by atoms with Crippen molar-refractivity contribution in [2.75, 3.05) is 6.61 Å². The Kier molecular flexibility index (Phi) is 14.1. The van der Waals surface area contributed by atoms with Crippen LogP contribution in [0.5, 0.6) is 0 Å². The number of para-hydroxylation sites is 2. The monoisotopic (exact) mass is 664 g/mol. The zero-order valence-corrected chi connectivity index (χ0v) is 25.9. The van der Waals surface area contributed by atoms with E-state index in [1.54, 1.807) is 0 Å². The maximum atomic E-state index is 6.42. The van der Waals surface area contributed by atoms with Crippen molar-refractivity contribution < 1.29 is 15.3 Å². The van der Waals surface area contributed by atoms with Gasteiger partial charge in [0.2, 0.25) is 0 Å². The van der Waals surface area contributed by atoms with Gasteiger partial charge in [-0.25, -0.2) is 4.99 Å². The van der Waals surface area contributed by atoms with Gasteiger partial charge in [0.05, 0.1) is 32.8 Å². The fourth-order valence-electron chi connectivity index (χ4n) is 2.83. The number of halogens is 4. The summed E-state index contributed by atoms with van der Waals surface area (Å²) in [5.74, 6) is 0. The molecule has 0 aromatic heterocycles. The molecule has 2 aromatic carbocycles. The van der Waals surface area contributed by atoms with Crippen molar-refractivity contribution in [3.05, 3.63) is 57.6 Å². The third-order valence-corrected chi connectivity index (χ3v) is 6.09. The predicted octanol–water partition coefficient (Wildman–Crippen LogP) is 9.80. The Hall–Kier alpha value is -0.00961. The van der Waals surface area contributed by atoms with Crippen molar-refractivity contribution in [2.45, 2.75) is 53.3 Å². The summed E-state index contributed by atoms with van der Waals surface area (Å²) >= 11 is 18.8. The van der Waals surface area contributed by atoms with E-state index in [-0.39, 0.29) is 0 Å². The molecule has 180 valence electrons. The molecule has 0 fully saturated rings. The molecule has 0 spiro atoms. The van der Waals surface area contributed by atoms with E-state index in [4.69, 9.17) is 37.6 Å². The first kappa shape index (κ1) is 30.0. The van der Waals surface area contributed by atoms with Crippen molar-refractivity contribution in [1.29, 1.82) is 0 Å². The molecule has 3 nitrogen and oxygen atoms in total. The van der Waals surface area contributed by atoms with Crippen molar-refractivity contribution in [2.24, 2.45) is 9.98 Å². The summed E-state index contributed by atoms with van der Waals surface area (Å²) in [5.41, 5.74) is 5.39. The van der Waals surface area contributed by atoms with E-state index in [1.165, 1.54) is 10.9 Å². The van der Waals surface area contributed by atoms with Gasteiger partial charge >= 0.3 is 39.3 Å². The van der Waals surface area contributed by atoms with Crippen molar-refractivity contribution in [3.63, 3.8) is 0 Å². The molecular weight excluding hydrogens is 638 g/mol. The molecule has 0 aliphatic heterocycles. The summed E-state index contributed by atoms with van der Waals surface area (Å²) in [5, 5.41) is 1.28. The molecule has 0 saturated carbocycles. The molecule has 32 heavy (non-hydrogen) atoms. The second-order valence-electron chi connectivity index (χ2n) is 8.18. The number of rotatable bonds is 8. The summed E-state index contributed by atoms with van der Waals surface area (Å²) in [7, 11) is -0.283. The van der Waals surface area contributed by atoms with Gasteiger partial charge in [-0.3, -0.25) is 4.99 Å². The van der Waals surface area contributed by atoms with Crippen LogP contribution in [0.2, 0.25) is 29.7 Å². The Balaban J connectivity index is 0.00000161. The van der Waals surface area contributed by atoms with Crippen molar-refractivity contribution in [1.82, 2.24) is 0 Å². The van der Waals surface area contributed by atoms with Crippen molar-refractivity contribution >= 4 is 82.8 Å². The Labute approximate surface area is 223 Å². The van der Waals surface area contributed by atoms with Crippen LogP contribution in [0.4, 0.5) is 11.4 Å². The van der Waals surface area contributed by atoms with Gasteiger partial charge in [0.25, 0.3) is 0 Å². The number of hydrogen-bond donors (Lipinski definition) is 0. The van der Waals surface area contributed by atoms with Gasteiger partial charge in [0.15, 0.2) is 8.32 Å². The minimum atomic E-state index is -1.53. The van der Waals surface area contributed by atoms with Crippen LogP contribution in [0.1, 0.15) is 30.9 Å². The van der Waals surface area contributed by atoms with Gasteiger partial charge in [-0.15, -0.1) is 0 Å². The van der Waals surface area contributed by atoms with Gasteiger partial charge in [-0.1, -0.05) is 47.5 Å². The van der Waals surface area contributed by atoms with E-state index in [2.05, 4.69) is 48.1 Å². The Morgan fingerprint density at radius 1 is 0.938 bits per heavy atom. The number of nitrogens with zero attached hydrogens (tertiary/aromatic N) is 2. The average Bonchev–Trinajstić information content (AvgIpc) is 2.69. The molecular formula is C23H30Br2Cl2N2NiOSi. The number of aryl methyl sites for hydroxylation is 2. The summed E-state index contributed by atoms with van der Waals surface area (Å²) in [6.45, 7) is 13.3. The fourth-order valence-corrected chi connectivity index (χ4v) is 4.12. The van der Waals surface area contributed by atoms with Crippen LogP contribution < -0.4 is 0 Å². The van der Waals surface area contributed by atoms with Crippen LogP contribution in [-0.4, -0.2) is 26.3 Å². The standard InChI is InChI=1S/C23H30Cl2N2OSi.2BrH.Ni/c1-16-10-7-12-19(24)22(16)26-18(3)21(14-9-15-28-29(4,5)6)27-23-17(2)11-8-13-20(23)25;;;/h7-8,10-13H,9,14-15H2,1-6H3;2*1H;/q;;;+2/p-2. The van der Waals surface area contributed by atoms with Crippen LogP contribution >= 0.6 is 51.7 Å². The zero-order valence-electron chi connectivity index (χ0n) is 19.2. The van der Waals surface area contributed by atoms with E-state index in [9.17, 15) is 0 Å². The molecule has 0 saturated heterocycles. The third-order valence-electron chi connectivity index (χ3n) is 4.41. The van der Waals surface area contributed by atoms with E-state index >= 15 is 0 Å². The van der Waals surface area contributed by atoms with Crippen LogP contribution in [0.15, 0.2) is 46.4 Å². The third kappa shape index (κ3) is 10.9. The fraction of sp³-hybridized carbons (Fsp3) is 0.391. The first-order valence-corrected chi connectivity index (χ1v) is 19.1. The Morgan fingerprint density at radius 3 is 1.84 bits per heavy atom. The SMILES string of the molecule is CC(=Nc1c(C)cccc1Cl)C(CCCO[Si](C)(C)C)=Nc1c(C)cccc1Cl.[Br][Ni][Br]. The zero-order chi connectivity index (χ0) is 24.3. The molecule has 0 atom stereocenters. The average molecular weight is 668 g/mol. The first-order chi connectivity index (χ1) is 15.0. The van der Waals surface area contributed by atoms with E-state index in [0.29, 0.717) is 16.7 Å². The summed E-state index contributed by atoms with van der Waals surface area (Å²) < 4.78 is 6.01. The van der Waals surface area contributed by atoms with E-state index in [0.717, 1.165) is 46.8 Å². The molecule has 0 radical (unpaired) electrons. The van der Waals surface area contributed by atoms with Crippen molar-refractivity contribution in [3.8, 4) is 0 Å². The van der Waals surface area contributed by atoms with Crippen LogP contribution in [-0.2, 0) is 15.3 Å². The van der Waals surface area contributed by atoms with Gasteiger partial charge in [-0.2, -0.15) is 0 Å². The number of benzene rings is 2. The van der Waals surface area contributed by atoms with Gasteiger partial charge in [0.1, 0.15) is 0 Å². The first-order valence-electron chi connectivity index (χ1n) is 10.1. The molecule has 0 heterocycles. The summed E-state index contributed by atoms with van der Waals surface area (Å²) in [6.07, 6.45) is 1.63. The van der Waals surface area contributed by atoms with Gasteiger partial charge in [0, 0.05) is 6.61 Å².